The Kier molecular flexibility index (Phi) is 8.07. The number of amides is 4. The molecule has 2 N–H and O–H groups in total. The van der Waals surface area contributed by atoms with Gasteiger partial charge in [0.15, 0.2) is 0 Å². The molecule has 0 bridgehead atoms. The fourth-order valence-electron chi connectivity index (χ4n) is 9.12. The van der Waals surface area contributed by atoms with Gasteiger partial charge < -0.3 is 10.2 Å². The van der Waals surface area contributed by atoms with Crippen molar-refractivity contribution in [2.75, 3.05) is 11.9 Å². The number of aromatic hydroxyl groups is 2. The molecule has 0 spiro atoms. The first kappa shape index (κ1) is 38.3. The van der Waals surface area contributed by atoms with Gasteiger partial charge in [-0.05, 0) is 99.5 Å². The molecule has 60 heavy (non-hydrogen) atoms. The third-order valence-corrected chi connectivity index (χ3v) is 11.9. The Morgan fingerprint density at radius 1 is 0.500 bits per heavy atom. The van der Waals surface area contributed by atoms with Crippen LogP contribution >= 0.6 is 0 Å². The first-order valence-corrected chi connectivity index (χ1v) is 18.3. The summed E-state index contributed by atoms with van der Waals surface area (Å²) in [6, 6.07) is 27.3. The second-order valence-corrected chi connectivity index (χ2v) is 14.9. The minimum atomic E-state index is -6.14. The molecule has 0 atom stereocenters. The van der Waals surface area contributed by atoms with E-state index in [2.05, 4.69) is 0 Å². The number of phenolic OH excluding ortho intramolecular Hbond substituents is 2. The van der Waals surface area contributed by atoms with Gasteiger partial charge in [-0.1, -0.05) is 78.9 Å². The molecule has 3 aliphatic rings. The van der Waals surface area contributed by atoms with E-state index in [4.69, 9.17) is 0 Å². The predicted octanol–water partition coefficient (Wildman–Crippen LogP) is 9.21. The maximum absolute atomic E-state index is 15.3. The molecule has 2 heterocycles. The van der Waals surface area contributed by atoms with Crippen molar-refractivity contribution in [3.63, 3.8) is 0 Å². The molecule has 0 unspecified atom stereocenters. The fraction of sp³-hybridized carbons (Fsp3) is 0.130. The summed E-state index contributed by atoms with van der Waals surface area (Å²) < 4.78 is 91.8. The molecule has 6 aromatic carbocycles. The second kappa shape index (κ2) is 12.6. The van der Waals surface area contributed by atoms with E-state index in [9.17, 15) is 29.4 Å². The lowest BCUT2D eigenvalue weighted by Gasteiger charge is -2.38. The lowest BCUT2D eigenvalue weighted by atomic mass is 9.67. The number of phenols is 2. The highest BCUT2D eigenvalue weighted by Gasteiger charge is 2.73. The van der Waals surface area contributed by atoms with Gasteiger partial charge in [-0.25, -0.2) is 4.90 Å². The highest BCUT2D eigenvalue weighted by molar-refractivity contribution is 6.35. The Bertz CT molecular complexity index is 2860. The first-order chi connectivity index (χ1) is 28.3. The largest absolute Gasteiger partial charge is 0.508 e. The molecule has 4 amide bonds. The van der Waals surface area contributed by atoms with Crippen LogP contribution in [0, 0.1) is 6.92 Å². The zero-order valence-electron chi connectivity index (χ0n) is 31.2. The van der Waals surface area contributed by atoms with Gasteiger partial charge in [-0.3, -0.25) is 24.1 Å². The summed E-state index contributed by atoms with van der Waals surface area (Å²) in [6.07, 6.45) is -12.3. The van der Waals surface area contributed by atoms with E-state index in [0.717, 1.165) is 29.3 Å². The van der Waals surface area contributed by atoms with E-state index in [-0.39, 0.29) is 17.0 Å². The van der Waals surface area contributed by atoms with Crippen molar-refractivity contribution in [3.05, 3.63) is 183 Å². The first-order valence-electron chi connectivity index (χ1n) is 18.3. The molecule has 0 saturated carbocycles. The summed E-state index contributed by atoms with van der Waals surface area (Å²) in [4.78, 5) is 54.7. The minimum Gasteiger partial charge on any atom is -0.508 e. The number of hydrogen-bond donors (Lipinski definition) is 2. The van der Waals surface area contributed by atoms with Gasteiger partial charge in [0.2, 0.25) is 5.41 Å². The standard InChI is InChI=1S/C46H28F6N2O6/c1-23-19-24(13-17-37(23)55)43(34-9-5-3-7-28(34)29-8-4-6-10-35(29)43)25-14-18-38(56)36(22-25)54-41(59)31-16-12-27(21-33(31)42(54)60)44(45(47,48)49,46(50,51)52)26-11-15-30-32(20-26)40(58)53(2)39(30)57/h3-22,55-56H,1-2H3. The van der Waals surface area contributed by atoms with Crippen LogP contribution in [-0.4, -0.2) is 58.1 Å². The Morgan fingerprint density at radius 3 is 1.48 bits per heavy atom. The maximum Gasteiger partial charge on any atom is 0.411 e. The smallest absolute Gasteiger partial charge is 0.411 e. The molecule has 0 fully saturated rings. The van der Waals surface area contributed by atoms with E-state index in [1.165, 1.54) is 18.2 Å². The number of carbonyl (C=O) groups excluding carboxylic acids is 4. The second-order valence-electron chi connectivity index (χ2n) is 14.9. The quantitative estimate of drug-likeness (QED) is 0.132. The average Bonchev–Trinajstić information content (AvgIpc) is 3.73. The van der Waals surface area contributed by atoms with E-state index in [1.54, 1.807) is 25.1 Å². The number of anilines is 1. The van der Waals surface area contributed by atoms with Crippen LogP contribution in [0.5, 0.6) is 11.5 Å². The van der Waals surface area contributed by atoms with Crippen LogP contribution in [0.15, 0.2) is 121 Å². The number of rotatable bonds is 5. The van der Waals surface area contributed by atoms with Gasteiger partial charge >= 0.3 is 12.4 Å². The third kappa shape index (κ3) is 4.87. The molecule has 0 radical (unpaired) electrons. The number of hydrogen-bond acceptors (Lipinski definition) is 6. The van der Waals surface area contributed by atoms with Crippen LogP contribution in [0.4, 0.5) is 32.0 Å². The van der Waals surface area contributed by atoms with Crippen molar-refractivity contribution >= 4 is 29.3 Å². The number of fused-ring (bicyclic) bond motifs is 5. The van der Waals surface area contributed by atoms with E-state index in [1.807, 2.05) is 48.5 Å². The Balaban J connectivity index is 1.22. The number of halogens is 6. The van der Waals surface area contributed by atoms with E-state index >= 15 is 26.3 Å². The molecule has 6 aromatic rings. The van der Waals surface area contributed by atoms with Crippen LogP contribution in [0.3, 0.4) is 0 Å². The molecule has 9 rings (SSSR count). The lowest BCUT2D eigenvalue weighted by Crippen LogP contribution is -2.55. The number of imide groups is 2. The van der Waals surface area contributed by atoms with Crippen LogP contribution in [0.2, 0.25) is 0 Å². The Hall–Kier alpha value is -7.22. The third-order valence-electron chi connectivity index (χ3n) is 11.9. The summed E-state index contributed by atoms with van der Waals surface area (Å²) in [5.74, 6) is -5.00. The molecule has 2 aliphatic heterocycles. The molecule has 0 saturated heterocycles. The molecular weight excluding hydrogens is 791 g/mol. The highest BCUT2D eigenvalue weighted by Crippen LogP contribution is 2.59. The van der Waals surface area contributed by atoms with Crippen molar-refractivity contribution < 1.29 is 55.7 Å². The van der Waals surface area contributed by atoms with Crippen LogP contribution in [-0.2, 0) is 10.8 Å². The molecule has 0 aromatic heterocycles. The molecular formula is C46H28F6N2O6. The molecule has 1 aliphatic carbocycles. The van der Waals surface area contributed by atoms with E-state index in [0.29, 0.717) is 62.9 Å². The predicted molar refractivity (Wildman–Crippen MR) is 205 cm³/mol. The Morgan fingerprint density at radius 2 is 0.950 bits per heavy atom. The fourth-order valence-corrected chi connectivity index (χ4v) is 9.12. The summed E-state index contributed by atoms with van der Waals surface area (Å²) in [6.45, 7) is 1.71. The summed E-state index contributed by atoms with van der Waals surface area (Å²) in [5, 5.41) is 21.9. The normalized spacial score (nSPS) is 15.7. The van der Waals surface area contributed by atoms with Gasteiger partial charge in [0.05, 0.1) is 33.4 Å². The van der Waals surface area contributed by atoms with Gasteiger partial charge in [0, 0.05) is 7.05 Å². The van der Waals surface area contributed by atoms with E-state index < -0.39 is 80.4 Å². The zero-order valence-corrected chi connectivity index (χ0v) is 31.2. The molecule has 14 heteroatoms. The lowest BCUT2D eigenvalue weighted by molar-refractivity contribution is -0.288. The monoisotopic (exact) mass is 818 g/mol. The minimum absolute atomic E-state index is 0.0256. The van der Waals surface area contributed by atoms with Crippen molar-refractivity contribution in [2.24, 2.45) is 0 Å². The van der Waals surface area contributed by atoms with Crippen molar-refractivity contribution in [1.82, 2.24) is 4.90 Å². The number of carbonyl (C=O) groups is 4. The average molecular weight is 819 g/mol. The SMILES string of the molecule is Cc1cc(C2(c3ccc(O)c(N4C(=O)c5ccc(C(c6ccc7c(c6)C(=O)N(C)C7=O)(C(F)(F)F)C(F)(F)F)cc5C4=O)c3)c3ccccc3-c3ccccc32)ccc1O. The summed E-state index contributed by atoms with van der Waals surface area (Å²) in [7, 11) is 1.03. The van der Waals surface area contributed by atoms with Gasteiger partial charge in [0.1, 0.15) is 11.5 Å². The highest BCUT2D eigenvalue weighted by atomic mass is 19.4. The van der Waals surface area contributed by atoms with Crippen molar-refractivity contribution in [1.29, 1.82) is 0 Å². The van der Waals surface area contributed by atoms with Gasteiger partial charge in [-0.15, -0.1) is 0 Å². The van der Waals surface area contributed by atoms with Crippen molar-refractivity contribution in [3.8, 4) is 22.6 Å². The van der Waals surface area contributed by atoms with Gasteiger partial charge in [-0.2, -0.15) is 26.3 Å². The van der Waals surface area contributed by atoms with Crippen LogP contribution < -0.4 is 4.90 Å². The molecule has 8 nitrogen and oxygen atoms in total. The van der Waals surface area contributed by atoms with Gasteiger partial charge in [0.25, 0.3) is 23.6 Å². The maximum atomic E-state index is 15.3. The van der Waals surface area contributed by atoms with Crippen LogP contribution in [0.25, 0.3) is 11.1 Å². The molecule has 300 valence electrons. The zero-order chi connectivity index (χ0) is 42.8. The number of benzene rings is 6. The number of aryl methyl sites for hydroxylation is 1. The van der Waals surface area contributed by atoms with Crippen molar-refractivity contribution in [2.45, 2.75) is 30.1 Å². The topological polar surface area (TPSA) is 115 Å². The Labute approximate surface area is 336 Å². The summed E-state index contributed by atoms with van der Waals surface area (Å²) >= 11 is 0. The summed E-state index contributed by atoms with van der Waals surface area (Å²) in [5.41, 5.74) is -6.82. The number of alkyl halides is 6. The number of nitrogens with zero attached hydrogens (tertiary/aromatic N) is 2. The van der Waals surface area contributed by atoms with Crippen LogP contribution in [0.1, 0.15) is 80.4 Å².